The Bertz CT molecular complexity index is 186. The second-order valence-electron chi connectivity index (χ2n) is 4.20. The van der Waals surface area contributed by atoms with Crippen LogP contribution in [0.1, 0.15) is 39.5 Å². The molecule has 4 heteroatoms. The standard InChI is InChI=1S/C10H17F3O/c1-3-9(2,8-5-4-6-8)14-7-10(11,12)13/h8H,3-7H2,1-2H3. The molecule has 0 aromatic carbocycles. The van der Waals surface area contributed by atoms with E-state index in [1.54, 1.807) is 6.92 Å². The monoisotopic (exact) mass is 210 g/mol. The number of hydrogen-bond donors (Lipinski definition) is 0. The summed E-state index contributed by atoms with van der Waals surface area (Å²) >= 11 is 0. The zero-order valence-corrected chi connectivity index (χ0v) is 8.66. The van der Waals surface area contributed by atoms with Crippen LogP contribution in [0.4, 0.5) is 13.2 Å². The first kappa shape index (κ1) is 11.8. The van der Waals surface area contributed by atoms with E-state index in [-0.39, 0.29) is 0 Å². The highest BCUT2D eigenvalue weighted by Gasteiger charge is 2.40. The van der Waals surface area contributed by atoms with Crippen LogP contribution in [0.3, 0.4) is 0 Å². The van der Waals surface area contributed by atoms with Gasteiger partial charge in [-0.1, -0.05) is 13.3 Å². The molecule has 1 aliphatic carbocycles. The highest BCUT2D eigenvalue weighted by molar-refractivity contribution is 4.88. The van der Waals surface area contributed by atoms with Gasteiger partial charge in [0.1, 0.15) is 6.61 Å². The zero-order valence-electron chi connectivity index (χ0n) is 8.66. The molecular formula is C10H17F3O. The molecule has 0 aliphatic heterocycles. The fourth-order valence-electron chi connectivity index (χ4n) is 1.77. The molecule has 1 atom stereocenters. The normalized spacial score (nSPS) is 22.9. The minimum atomic E-state index is -4.21. The Balaban J connectivity index is 2.44. The van der Waals surface area contributed by atoms with Gasteiger partial charge in [0.15, 0.2) is 0 Å². The lowest BCUT2D eigenvalue weighted by Crippen LogP contribution is -2.43. The largest absolute Gasteiger partial charge is 0.411 e. The Morgan fingerprint density at radius 3 is 2.14 bits per heavy atom. The number of alkyl halides is 3. The summed E-state index contributed by atoms with van der Waals surface area (Å²) in [6.07, 6.45) is -0.437. The minimum Gasteiger partial charge on any atom is -0.366 e. The fraction of sp³-hybridized carbons (Fsp3) is 1.00. The van der Waals surface area contributed by atoms with Gasteiger partial charge in [-0.15, -0.1) is 0 Å². The Morgan fingerprint density at radius 2 is 1.86 bits per heavy atom. The van der Waals surface area contributed by atoms with Crippen molar-refractivity contribution < 1.29 is 17.9 Å². The van der Waals surface area contributed by atoms with Crippen LogP contribution in [-0.4, -0.2) is 18.4 Å². The van der Waals surface area contributed by atoms with Crippen LogP contribution >= 0.6 is 0 Å². The van der Waals surface area contributed by atoms with Crippen molar-refractivity contribution in [3.63, 3.8) is 0 Å². The summed E-state index contributed by atoms with van der Waals surface area (Å²) in [6.45, 7) is 2.56. The highest BCUT2D eigenvalue weighted by Crippen LogP contribution is 2.40. The third-order valence-corrected chi connectivity index (χ3v) is 3.24. The molecule has 1 rings (SSSR count). The predicted octanol–water partition coefficient (Wildman–Crippen LogP) is 3.53. The lowest BCUT2D eigenvalue weighted by molar-refractivity contribution is -0.217. The zero-order chi connectivity index (χ0) is 10.8. The maximum absolute atomic E-state index is 12.0. The second-order valence-corrected chi connectivity index (χ2v) is 4.20. The first-order valence-electron chi connectivity index (χ1n) is 5.08. The minimum absolute atomic E-state index is 0.315. The Kier molecular flexibility index (Phi) is 3.45. The van der Waals surface area contributed by atoms with Gasteiger partial charge in [-0.25, -0.2) is 0 Å². The highest BCUT2D eigenvalue weighted by atomic mass is 19.4. The maximum atomic E-state index is 12.0. The van der Waals surface area contributed by atoms with E-state index in [9.17, 15) is 13.2 Å². The van der Waals surface area contributed by atoms with E-state index in [0.29, 0.717) is 12.3 Å². The smallest absolute Gasteiger partial charge is 0.366 e. The Labute approximate surface area is 82.6 Å². The van der Waals surface area contributed by atoms with E-state index in [0.717, 1.165) is 19.3 Å². The third-order valence-electron chi connectivity index (χ3n) is 3.24. The molecule has 1 saturated carbocycles. The van der Waals surface area contributed by atoms with Crippen LogP contribution in [0, 0.1) is 5.92 Å². The lowest BCUT2D eigenvalue weighted by atomic mass is 9.72. The summed E-state index contributed by atoms with van der Waals surface area (Å²) in [5, 5.41) is 0. The summed E-state index contributed by atoms with van der Waals surface area (Å²) in [6, 6.07) is 0. The quantitative estimate of drug-likeness (QED) is 0.689. The van der Waals surface area contributed by atoms with Gasteiger partial charge in [0.2, 0.25) is 0 Å². The average molecular weight is 210 g/mol. The number of hydrogen-bond acceptors (Lipinski definition) is 1. The van der Waals surface area contributed by atoms with Gasteiger partial charge in [0.25, 0.3) is 0 Å². The van der Waals surface area contributed by atoms with Gasteiger partial charge >= 0.3 is 6.18 Å². The van der Waals surface area contributed by atoms with E-state index in [1.807, 2.05) is 6.92 Å². The summed E-state index contributed by atoms with van der Waals surface area (Å²) in [4.78, 5) is 0. The van der Waals surface area contributed by atoms with E-state index in [4.69, 9.17) is 4.74 Å². The molecule has 0 amide bonds. The van der Waals surface area contributed by atoms with Crippen molar-refractivity contribution in [1.82, 2.24) is 0 Å². The number of ether oxygens (including phenoxy) is 1. The van der Waals surface area contributed by atoms with Crippen LogP contribution < -0.4 is 0 Å². The Hall–Kier alpha value is -0.250. The van der Waals surface area contributed by atoms with Gasteiger partial charge in [0, 0.05) is 0 Å². The van der Waals surface area contributed by atoms with Gasteiger partial charge in [-0.05, 0) is 32.1 Å². The fourth-order valence-corrected chi connectivity index (χ4v) is 1.77. The molecule has 1 fully saturated rings. The van der Waals surface area contributed by atoms with E-state index in [1.165, 1.54) is 0 Å². The molecular weight excluding hydrogens is 193 g/mol. The van der Waals surface area contributed by atoms with Crippen LogP contribution in [0.25, 0.3) is 0 Å². The van der Waals surface area contributed by atoms with Crippen LogP contribution in [0.15, 0.2) is 0 Å². The Morgan fingerprint density at radius 1 is 1.29 bits per heavy atom. The van der Waals surface area contributed by atoms with Gasteiger partial charge < -0.3 is 4.74 Å². The van der Waals surface area contributed by atoms with Crippen LogP contribution in [0.2, 0.25) is 0 Å². The summed E-state index contributed by atoms with van der Waals surface area (Å²) in [7, 11) is 0. The SMILES string of the molecule is CCC(C)(OCC(F)(F)F)C1CCC1. The molecule has 1 unspecified atom stereocenters. The average Bonchev–Trinajstić information content (AvgIpc) is 1.96. The lowest BCUT2D eigenvalue weighted by Gasteiger charge is -2.42. The second kappa shape index (κ2) is 4.09. The molecule has 0 saturated heterocycles. The van der Waals surface area contributed by atoms with Gasteiger partial charge in [-0.3, -0.25) is 0 Å². The van der Waals surface area contributed by atoms with Crippen molar-refractivity contribution in [2.75, 3.05) is 6.61 Å². The summed E-state index contributed by atoms with van der Waals surface area (Å²) in [5.74, 6) is 0.315. The van der Waals surface area contributed by atoms with Crippen molar-refractivity contribution in [2.24, 2.45) is 5.92 Å². The van der Waals surface area contributed by atoms with Gasteiger partial charge in [0.05, 0.1) is 5.60 Å². The topological polar surface area (TPSA) is 9.23 Å². The predicted molar refractivity (Wildman–Crippen MR) is 48.0 cm³/mol. The van der Waals surface area contributed by atoms with Crippen molar-refractivity contribution in [3.8, 4) is 0 Å². The van der Waals surface area contributed by atoms with Crippen molar-refractivity contribution in [2.45, 2.75) is 51.3 Å². The first-order chi connectivity index (χ1) is 6.37. The first-order valence-corrected chi connectivity index (χ1v) is 5.08. The van der Waals surface area contributed by atoms with Crippen LogP contribution in [0.5, 0.6) is 0 Å². The molecule has 14 heavy (non-hydrogen) atoms. The van der Waals surface area contributed by atoms with Crippen molar-refractivity contribution in [1.29, 1.82) is 0 Å². The molecule has 0 bridgehead atoms. The molecule has 0 spiro atoms. The van der Waals surface area contributed by atoms with E-state index >= 15 is 0 Å². The molecule has 0 aromatic heterocycles. The van der Waals surface area contributed by atoms with E-state index < -0.39 is 18.4 Å². The molecule has 0 heterocycles. The van der Waals surface area contributed by atoms with Crippen molar-refractivity contribution in [3.05, 3.63) is 0 Å². The number of rotatable bonds is 4. The number of halogens is 3. The van der Waals surface area contributed by atoms with Gasteiger partial charge in [-0.2, -0.15) is 13.2 Å². The molecule has 1 aliphatic rings. The molecule has 0 N–H and O–H groups in total. The molecule has 0 radical (unpaired) electrons. The molecule has 1 nitrogen and oxygen atoms in total. The summed E-state index contributed by atoms with van der Waals surface area (Å²) in [5.41, 5.74) is -0.576. The maximum Gasteiger partial charge on any atom is 0.411 e. The molecule has 0 aromatic rings. The third kappa shape index (κ3) is 2.87. The van der Waals surface area contributed by atoms with Crippen molar-refractivity contribution >= 4 is 0 Å². The summed E-state index contributed by atoms with van der Waals surface area (Å²) < 4.78 is 41.0. The van der Waals surface area contributed by atoms with E-state index in [2.05, 4.69) is 0 Å². The van der Waals surface area contributed by atoms with Crippen LogP contribution in [-0.2, 0) is 4.74 Å². The molecule has 84 valence electrons.